The number of aldehydes is 1. The molecule has 0 saturated carbocycles. The van der Waals surface area contributed by atoms with Gasteiger partial charge in [-0.15, -0.1) is 0 Å². The lowest BCUT2D eigenvalue weighted by molar-refractivity contribution is 0.112. The van der Waals surface area contributed by atoms with Crippen LogP contribution in [0.25, 0.3) is 0 Å². The summed E-state index contributed by atoms with van der Waals surface area (Å²) >= 11 is 0. The Morgan fingerprint density at radius 3 is 2.62 bits per heavy atom. The number of carbonyl (C=O) groups is 1. The Balaban J connectivity index is 2.96. The Morgan fingerprint density at radius 1 is 1.25 bits per heavy atom. The first kappa shape index (κ1) is 11.7. The number of para-hydroxylation sites is 1. The lowest BCUT2D eigenvalue weighted by Gasteiger charge is -2.21. The highest BCUT2D eigenvalue weighted by Gasteiger charge is 2.09. The van der Waals surface area contributed by atoms with Gasteiger partial charge in [0.15, 0.2) is 6.29 Å². The summed E-state index contributed by atoms with van der Waals surface area (Å²) in [6, 6.07) is 11.1. The van der Waals surface area contributed by atoms with E-state index in [0.29, 0.717) is 24.2 Å². The van der Waals surface area contributed by atoms with Gasteiger partial charge in [-0.2, -0.15) is 10.5 Å². The number of carbonyl (C=O) groups excluding carboxylic acids is 1. The van der Waals surface area contributed by atoms with Crippen molar-refractivity contribution in [2.24, 2.45) is 0 Å². The van der Waals surface area contributed by atoms with Gasteiger partial charge in [-0.25, -0.2) is 0 Å². The Hall–Kier alpha value is -2.33. The topological polar surface area (TPSA) is 67.9 Å². The molecule has 0 fully saturated rings. The fourth-order valence-corrected chi connectivity index (χ4v) is 1.43. The van der Waals surface area contributed by atoms with Gasteiger partial charge >= 0.3 is 0 Å². The van der Waals surface area contributed by atoms with Gasteiger partial charge in [0.05, 0.1) is 18.6 Å². The summed E-state index contributed by atoms with van der Waals surface area (Å²) in [7, 11) is 0. The van der Waals surface area contributed by atoms with Crippen molar-refractivity contribution in [1.29, 1.82) is 10.5 Å². The van der Waals surface area contributed by atoms with E-state index in [9.17, 15) is 4.79 Å². The molecule has 80 valence electrons. The molecule has 0 aromatic heterocycles. The van der Waals surface area contributed by atoms with Crippen LogP contribution in [0.15, 0.2) is 24.3 Å². The normalized spacial score (nSPS) is 8.88. The van der Waals surface area contributed by atoms with Crippen molar-refractivity contribution in [3.63, 3.8) is 0 Å². The molecule has 0 bridgehead atoms. The zero-order chi connectivity index (χ0) is 11.8. The van der Waals surface area contributed by atoms with Gasteiger partial charge in [0.2, 0.25) is 0 Å². The van der Waals surface area contributed by atoms with Crippen molar-refractivity contribution in [2.75, 3.05) is 18.0 Å². The first-order chi connectivity index (χ1) is 7.83. The molecule has 0 unspecified atom stereocenters. The molecule has 0 saturated heterocycles. The summed E-state index contributed by atoms with van der Waals surface area (Å²) in [4.78, 5) is 12.6. The molecule has 0 aliphatic heterocycles. The molecule has 0 radical (unpaired) electrons. The third kappa shape index (κ3) is 2.83. The van der Waals surface area contributed by atoms with E-state index >= 15 is 0 Å². The van der Waals surface area contributed by atoms with Crippen LogP contribution in [0.4, 0.5) is 5.69 Å². The van der Waals surface area contributed by atoms with E-state index in [-0.39, 0.29) is 6.54 Å². The molecule has 1 aromatic rings. The summed E-state index contributed by atoms with van der Waals surface area (Å²) < 4.78 is 0. The van der Waals surface area contributed by atoms with Crippen molar-refractivity contribution in [3.05, 3.63) is 29.8 Å². The quantitative estimate of drug-likeness (QED) is 0.552. The van der Waals surface area contributed by atoms with Crippen LogP contribution in [0.3, 0.4) is 0 Å². The molecular formula is C12H11N3O. The molecule has 4 nitrogen and oxygen atoms in total. The second-order valence-electron chi connectivity index (χ2n) is 3.16. The zero-order valence-electron chi connectivity index (χ0n) is 8.76. The SMILES string of the molecule is N#CCCN(CC#N)c1ccccc1C=O. The molecule has 0 aliphatic carbocycles. The van der Waals surface area contributed by atoms with Gasteiger partial charge in [-0.3, -0.25) is 4.79 Å². The highest BCUT2D eigenvalue weighted by Crippen LogP contribution is 2.18. The molecular weight excluding hydrogens is 202 g/mol. The van der Waals surface area contributed by atoms with Crippen molar-refractivity contribution in [3.8, 4) is 12.1 Å². The maximum atomic E-state index is 10.8. The minimum absolute atomic E-state index is 0.173. The number of nitriles is 2. The predicted molar refractivity (Wildman–Crippen MR) is 59.9 cm³/mol. The van der Waals surface area contributed by atoms with E-state index < -0.39 is 0 Å². The summed E-state index contributed by atoms with van der Waals surface area (Å²) in [5, 5.41) is 17.2. The van der Waals surface area contributed by atoms with E-state index in [2.05, 4.69) is 0 Å². The fraction of sp³-hybridized carbons (Fsp3) is 0.250. The van der Waals surface area contributed by atoms with Crippen molar-refractivity contribution < 1.29 is 4.79 Å². The number of benzene rings is 1. The number of rotatable bonds is 5. The third-order valence-electron chi connectivity index (χ3n) is 2.16. The van der Waals surface area contributed by atoms with Crippen molar-refractivity contribution in [1.82, 2.24) is 0 Å². The Bertz CT molecular complexity index is 442. The maximum Gasteiger partial charge on any atom is 0.152 e. The van der Waals surface area contributed by atoms with E-state index in [0.717, 1.165) is 6.29 Å². The second kappa shape index (κ2) is 6.21. The van der Waals surface area contributed by atoms with Gasteiger partial charge < -0.3 is 4.90 Å². The van der Waals surface area contributed by atoms with Crippen LogP contribution in [0.5, 0.6) is 0 Å². The van der Waals surface area contributed by atoms with E-state index in [4.69, 9.17) is 10.5 Å². The summed E-state index contributed by atoms with van der Waals surface area (Å²) in [6.45, 7) is 0.626. The lowest BCUT2D eigenvalue weighted by Crippen LogP contribution is -2.25. The van der Waals surface area contributed by atoms with Crippen molar-refractivity contribution >= 4 is 12.0 Å². The molecule has 0 heterocycles. The molecule has 0 aliphatic rings. The van der Waals surface area contributed by atoms with E-state index in [1.165, 1.54) is 0 Å². The van der Waals surface area contributed by atoms with Crippen LogP contribution in [0.1, 0.15) is 16.8 Å². The van der Waals surface area contributed by atoms with E-state index in [1.54, 1.807) is 29.2 Å². The maximum absolute atomic E-state index is 10.8. The van der Waals surface area contributed by atoms with Gasteiger partial charge in [-0.05, 0) is 12.1 Å². The highest BCUT2D eigenvalue weighted by atomic mass is 16.1. The van der Waals surface area contributed by atoms with Crippen LogP contribution < -0.4 is 4.90 Å². The number of anilines is 1. The molecule has 16 heavy (non-hydrogen) atoms. The predicted octanol–water partition coefficient (Wildman–Crippen LogP) is 1.74. The Kier molecular flexibility index (Phi) is 4.56. The first-order valence-corrected chi connectivity index (χ1v) is 4.86. The van der Waals surface area contributed by atoms with Crippen LogP contribution in [0, 0.1) is 22.7 Å². The Morgan fingerprint density at radius 2 is 2.00 bits per heavy atom. The number of hydrogen-bond donors (Lipinski definition) is 0. The van der Waals surface area contributed by atoms with Gasteiger partial charge in [0.1, 0.15) is 6.54 Å². The molecule has 0 atom stereocenters. The smallest absolute Gasteiger partial charge is 0.152 e. The Labute approximate surface area is 94.3 Å². The summed E-state index contributed by atoms with van der Waals surface area (Å²) in [6.07, 6.45) is 1.08. The molecule has 1 rings (SSSR count). The molecule has 1 aromatic carbocycles. The van der Waals surface area contributed by atoms with Crippen LogP contribution in [-0.2, 0) is 0 Å². The average molecular weight is 213 g/mol. The molecule has 0 amide bonds. The number of hydrogen-bond acceptors (Lipinski definition) is 4. The monoisotopic (exact) mass is 213 g/mol. The first-order valence-electron chi connectivity index (χ1n) is 4.86. The molecule has 4 heteroatoms. The zero-order valence-corrected chi connectivity index (χ0v) is 8.76. The summed E-state index contributed by atoms with van der Waals surface area (Å²) in [5.74, 6) is 0. The lowest BCUT2D eigenvalue weighted by atomic mass is 10.1. The largest absolute Gasteiger partial charge is 0.357 e. The minimum Gasteiger partial charge on any atom is -0.357 e. The molecule has 0 spiro atoms. The molecule has 0 N–H and O–H groups in total. The van der Waals surface area contributed by atoms with Gasteiger partial charge in [0, 0.05) is 17.8 Å². The van der Waals surface area contributed by atoms with Crippen molar-refractivity contribution in [2.45, 2.75) is 6.42 Å². The van der Waals surface area contributed by atoms with Gasteiger partial charge in [-0.1, -0.05) is 12.1 Å². The standard InChI is InChI=1S/C12H11N3O/c13-6-3-8-15(9-7-14)12-5-2-1-4-11(12)10-16/h1-2,4-5,10H,3,8-9H2. The minimum atomic E-state index is 0.173. The van der Waals surface area contributed by atoms with Crippen LogP contribution in [-0.4, -0.2) is 19.4 Å². The van der Waals surface area contributed by atoms with E-state index in [1.807, 2.05) is 12.1 Å². The van der Waals surface area contributed by atoms with Gasteiger partial charge in [0.25, 0.3) is 0 Å². The third-order valence-corrected chi connectivity index (χ3v) is 2.16. The second-order valence-corrected chi connectivity index (χ2v) is 3.16. The average Bonchev–Trinajstić information content (AvgIpc) is 2.34. The highest BCUT2D eigenvalue weighted by molar-refractivity contribution is 5.84. The van der Waals surface area contributed by atoms with Crippen LogP contribution in [0.2, 0.25) is 0 Å². The fourth-order valence-electron chi connectivity index (χ4n) is 1.43. The van der Waals surface area contributed by atoms with Crippen LogP contribution >= 0.6 is 0 Å². The number of nitrogens with zero attached hydrogens (tertiary/aromatic N) is 3. The summed E-state index contributed by atoms with van der Waals surface area (Å²) in [5.41, 5.74) is 1.24.